The van der Waals surface area contributed by atoms with Gasteiger partial charge >= 0.3 is 0 Å². The Balaban J connectivity index is 1.75. The molecule has 1 aromatic rings. The fourth-order valence-corrected chi connectivity index (χ4v) is 3.22. The minimum absolute atomic E-state index is 0.465. The molecular weight excluding hydrogens is 204 g/mol. The number of nitrogens with one attached hydrogen (secondary N) is 1. The van der Waals surface area contributed by atoms with Gasteiger partial charge in [0.15, 0.2) is 0 Å². The van der Waals surface area contributed by atoms with Crippen molar-refractivity contribution in [3.8, 4) is 0 Å². The van der Waals surface area contributed by atoms with Gasteiger partial charge in [-0.2, -0.15) is 11.8 Å². The number of hydrogen-bond acceptors (Lipinski definition) is 3. The molecule has 1 N–H and O–H groups in total. The van der Waals surface area contributed by atoms with Gasteiger partial charge in [-0.05, 0) is 43.2 Å². The maximum absolute atomic E-state index is 4.01. The average Bonchev–Trinajstić information content (AvgIpc) is 2.67. The number of aromatic nitrogens is 1. The molecule has 1 unspecified atom stereocenters. The molecule has 1 aliphatic heterocycles. The molecule has 2 rings (SSSR count). The first-order chi connectivity index (χ1) is 7.29. The van der Waals surface area contributed by atoms with E-state index < -0.39 is 0 Å². The molecule has 1 fully saturated rings. The van der Waals surface area contributed by atoms with Crippen LogP contribution >= 0.6 is 11.8 Å². The van der Waals surface area contributed by atoms with Crippen LogP contribution in [-0.4, -0.2) is 22.0 Å². The highest BCUT2D eigenvalue weighted by molar-refractivity contribution is 8.00. The predicted octanol–water partition coefficient (Wildman–Crippen LogP) is 2.46. The first-order valence-corrected chi connectivity index (χ1v) is 6.51. The molecule has 0 aromatic carbocycles. The van der Waals surface area contributed by atoms with Gasteiger partial charge < -0.3 is 5.32 Å². The van der Waals surface area contributed by atoms with Crippen molar-refractivity contribution in [1.29, 1.82) is 0 Å². The normalized spacial score (nSPS) is 25.7. The van der Waals surface area contributed by atoms with E-state index in [9.17, 15) is 0 Å². The Morgan fingerprint density at radius 2 is 2.27 bits per heavy atom. The summed E-state index contributed by atoms with van der Waals surface area (Å²) in [5, 5.41) is 3.54. The summed E-state index contributed by atoms with van der Waals surface area (Å²) in [5.41, 5.74) is 1.32. The summed E-state index contributed by atoms with van der Waals surface area (Å²) in [7, 11) is 0. The number of hydrogen-bond donors (Lipinski definition) is 1. The molecule has 3 heteroatoms. The molecule has 0 spiro atoms. The van der Waals surface area contributed by atoms with Crippen LogP contribution in [0.1, 0.15) is 25.3 Å². The molecule has 1 saturated heterocycles. The second kappa shape index (κ2) is 4.99. The van der Waals surface area contributed by atoms with E-state index in [1.165, 1.54) is 24.2 Å². The van der Waals surface area contributed by atoms with E-state index in [2.05, 4.69) is 41.1 Å². The van der Waals surface area contributed by atoms with E-state index in [-0.39, 0.29) is 0 Å². The molecule has 0 amide bonds. The van der Waals surface area contributed by atoms with Gasteiger partial charge in [-0.1, -0.05) is 0 Å². The Hall–Kier alpha value is -0.540. The largest absolute Gasteiger partial charge is 0.311 e. The van der Waals surface area contributed by atoms with Crippen molar-refractivity contribution in [2.45, 2.75) is 31.1 Å². The van der Waals surface area contributed by atoms with E-state index in [0.29, 0.717) is 4.75 Å². The van der Waals surface area contributed by atoms with Crippen LogP contribution in [0.4, 0.5) is 0 Å². The van der Waals surface area contributed by atoms with Gasteiger partial charge in [0.1, 0.15) is 0 Å². The Morgan fingerprint density at radius 3 is 2.93 bits per heavy atom. The van der Waals surface area contributed by atoms with Crippen LogP contribution in [0.15, 0.2) is 24.5 Å². The fraction of sp³-hybridized carbons (Fsp3) is 0.583. The van der Waals surface area contributed by atoms with Gasteiger partial charge in [0, 0.05) is 30.2 Å². The van der Waals surface area contributed by atoms with E-state index in [1.807, 2.05) is 12.4 Å². The summed E-state index contributed by atoms with van der Waals surface area (Å²) in [4.78, 5) is 4.01. The summed E-state index contributed by atoms with van der Waals surface area (Å²) in [5.74, 6) is 1.33. The molecular formula is C12H18N2S. The van der Waals surface area contributed by atoms with Gasteiger partial charge in [0.2, 0.25) is 0 Å². The van der Waals surface area contributed by atoms with Crippen molar-refractivity contribution in [2.75, 3.05) is 12.3 Å². The highest BCUT2D eigenvalue weighted by Crippen LogP contribution is 2.36. The highest BCUT2D eigenvalue weighted by Gasteiger charge is 2.28. The van der Waals surface area contributed by atoms with Crippen molar-refractivity contribution in [3.05, 3.63) is 30.1 Å². The summed E-state index contributed by atoms with van der Waals surface area (Å²) >= 11 is 2.10. The lowest BCUT2D eigenvalue weighted by Crippen LogP contribution is -2.32. The fourth-order valence-electron chi connectivity index (χ4n) is 1.95. The van der Waals surface area contributed by atoms with Crippen LogP contribution in [0.2, 0.25) is 0 Å². The lowest BCUT2D eigenvalue weighted by molar-refractivity contribution is 0.537. The van der Waals surface area contributed by atoms with E-state index in [4.69, 9.17) is 0 Å². The number of pyridine rings is 1. The van der Waals surface area contributed by atoms with Crippen LogP contribution in [0.5, 0.6) is 0 Å². The summed E-state index contributed by atoms with van der Waals surface area (Å²) in [6, 6.07) is 4.13. The average molecular weight is 222 g/mol. The van der Waals surface area contributed by atoms with Crippen LogP contribution in [0.3, 0.4) is 0 Å². The lowest BCUT2D eigenvalue weighted by atomic mass is 10.1. The van der Waals surface area contributed by atoms with E-state index in [0.717, 1.165) is 13.1 Å². The van der Waals surface area contributed by atoms with Crippen molar-refractivity contribution in [3.63, 3.8) is 0 Å². The van der Waals surface area contributed by atoms with Gasteiger partial charge in [0.05, 0.1) is 0 Å². The molecule has 1 atom stereocenters. The number of nitrogens with zero attached hydrogens (tertiary/aromatic N) is 1. The Bertz CT molecular complexity index is 294. The first-order valence-electron chi connectivity index (χ1n) is 5.52. The maximum atomic E-state index is 4.01. The zero-order chi connectivity index (χ0) is 10.6. The molecule has 1 aliphatic rings. The van der Waals surface area contributed by atoms with E-state index >= 15 is 0 Å². The van der Waals surface area contributed by atoms with Gasteiger partial charge in [0.25, 0.3) is 0 Å². The molecule has 0 radical (unpaired) electrons. The Morgan fingerprint density at radius 1 is 1.47 bits per heavy atom. The minimum atomic E-state index is 0.465. The summed E-state index contributed by atoms with van der Waals surface area (Å²) in [6.07, 6.45) is 6.42. The standard InChI is InChI=1S/C12H18N2S/c1-12(5-2-8-15-12)10-14-9-11-3-6-13-7-4-11/h3-4,6-7,14H,2,5,8-10H2,1H3. The van der Waals surface area contributed by atoms with Gasteiger partial charge in [-0.15, -0.1) is 0 Å². The van der Waals surface area contributed by atoms with Crippen LogP contribution in [0, 0.1) is 0 Å². The quantitative estimate of drug-likeness (QED) is 0.847. The second-order valence-electron chi connectivity index (χ2n) is 4.36. The zero-order valence-corrected chi connectivity index (χ0v) is 10.0. The third-order valence-electron chi connectivity index (χ3n) is 2.88. The Kier molecular flexibility index (Phi) is 3.65. The monoisotopic (exact) mass is 222 g/mol. The third kappa shape index (κ3) is 3.21. The van der Waals surface area contributed by atoms with Crippen LogP contribution in [-0.2, 0) is 6.54 Å². The van der Waals surface area contributed by atoms with Crippen molar-refractivity contribution in [2.24, 2.45) is 0 Å². The molecule has 0 bridgehead atoms. The number of rotatable bonds is 4. The smallest absolute Gasteiger partial charge is 0.0271 e. The minimum Gasteiger partial charge on any atom is -0.311 e. The van der Waals surface area contributed by atoms with Gasteiger partial charge in [-0.3, -0.25) is 4.98 Å². The van der Waals surface area contributed by atoms with Gasteiger partial charge in [-0.25, -0.2) is 0 Å². The zero-order valence-electron chi connectivity index (χ0n) is 9.20. The van der Waals surface area contributed by atoms with Crippen LogP contribution < -0.4 is 5.32 Å². The topological polar surface area (TPSA) is 24.9 Å². The maximum Gasteiger partial charge on any atom is 0.0271 e. The summed E-state index contributed by atoms with van der Waals surface area (Å²) in [6.45, 7) is 4.43. The Labute approximate surface area is 95.9 Å². The van der Waals surface area contributed by atoms with Crippen LogP contribution in [0.25, 0.3) is 0 Å². The molecule has 0 aliphatic carbocycles. The predicted molar refractivity (Wildman–Crippen MR) is 66.0 cm³/mol. The van der Waals surface area contributed by atoms with E-state index in [1.54, 1.807) is 0 Å². The molecule has 82 valence electrons. The van der Waals surface area contributed by atoms with Crippen molar-refractivity contribution >= 4 is 11.8 Å². The molecule has 2 heterocycles. The molecule has 1 aromatic heterocycles. The SMILES string of the molecule is CC1(CNCc2ccncc2)CCCS1. The van der Waals surface area contributed by atoms with Crippen molar-refractivity contribution < 1.29 is 0 Å². The second-order valence-corrected chi connectivity index (χ2v) is 6.04. The molecule has 2 nitrogen and oxygen atoms in total. The van der Waals surface area contributed by atoms with Crippen molar-refractivity contribution in [1.82, 2.24) is 10.3 Å². The molecule has 0 saturated carbocycles. The number of thioether (sulfide) groups is 1. The third-order valence-corrected chi connectivity index (χ3v) is 4.42. The summed E-state index contributed by atoms with van der Waals surface area (Å²) < 4.78 is 0.465. The first kappa shape index (κ1) is 11.0. The molecule has 15 heavy (non-hydrogen) atoms. The highest BCUT2D eigenvalue weighted by atomic mass is 32.2. The lowest BCUT2D eigenvalue weighted by Gasteiger charge is -2.22.